The van der Waals surface area contributed by atoms with Gasteiger partial charge >= 0.3 is 0 Å². The Morgan fingerprint density at radius 3 is 2.36 bits per heavy atom. The number of ketones is 1. The third-order valence-electron chi connectivity index (χ3n) is 4.63. The van der Waals surface area contributed by atoms with E-state index in [1.54, 1.807) is 50.4 Å². The van der Waals surface area contributed by atoms with Crippen LogP contribution in [0.1, 0.15) is 23.1 Å². The summed E-state index contributed by atoms with van der Waals surface area (Å²) in [7, 11) is 3.04. The molecule has 0 N–H and O–H groups in total. The molecule has 0 fully saturated rings. The number of carbonyl (C=O) groups excluding carboxylic acids is 1. The molecule has 0 aliphatic rings. The van der Waals surface area contributed by atoms with Crippen LogP contribution in [0.2, 0.25) is 0 Å². The second-order valence-electron chi connectivity index (χ2n) is 6.73. The van der Waals surface area contributed by atoms with Crippen molar-refractivity contribution in [2.24, 2.45) is 0 Å². The molecule has 33 heavy (non-hydrogen) atoms. The number of hydrogen-bond donors (Lipinski definition) is 0. The van der Waals surface area contributed by atoms with Gasteiger partial charge in [-0.15, -0.1) is 16.8 Å². The molecule has 0 spiro atoms. The van der Waals surface area contributed by atoms with Gasteiger partial charge in [-0.3, -0.25) is 9.36 Å². The predicted molar refractivity (Wildman–Crippen MR) is 120 cm³/mol. The van der Waals surface area contributed by atoms with Crippen molar-refractivity contribution in [3.05, 3.63) is 72.3 Å². The minimum absolute atomic E-state index is 0. The number of nitrogens with zero attached hydrogens (tertiary/aromatic N) is 3. The van der Waals surface area contributed by atoms with Crippen molar-refractivity contribution in [3.8, 4) is 17.2 Å². The van der Waals surface area contributed by atoms with Crippen molar-refractivity contribution < 1.29 is 40.4 Å². The van der Waals surface area contributed by atoms with Crippen LogP contribution in [0.15, 0.2) is 60.3 Å². The van der Waals surface area contributed by atoms with E-state index >= 15 is 0 Å². The lowest BCUT2D eigenvalue weighted by molar-refractivity contribution is -0.0000160. The van der Waals surface area contributed by atoms with Crippen LogP contribution in [0.4, 0.5) is 4.39 Å². The molecule has 3 rings (SSSR count). The first-order chi connectivity index (χ1) is 15.5. The lowest BCUT2D eigenvalue weighted by Crippen LogP contribution is -3.00. The van der Waals surface area contributed by atoms with Crippen molar-refractivity contribution in [3.63, 3.8) is 0 Å². The summed E-state index contributed by atoms with van der Waals surface area (Å²) >= 11 is 1.20. The number of Topliss-reactive ketones (excluding diaryl/α,β-unsaturated/α-hetero) is 1. The van der Waals surface area contributed by atoms with Crippen LogP contribution in [-0.2, 0) is 13.2 Å². The van der Waals surface area contributed by atoms with Crippen molar-refractivity contribution in [2.45, 2.75) is 30.5 Å². The number of thioether (sulfide) groups is 1. The van der Waals surface area contributed by atoms with Crippen molar-refractivity contribution >= 4 is 17.5 Å². The predicted octanol–water partition coefficient (Wildman–Crippen LogP) is 1.57. The Labute approximate surface area is 206 Å². The van der Waals surface area contributed by atoms with Gasteiger partial charge in [-0.05, 0) is 43.3 Å². The van der Waals surface area contributed by atoms with Gasteiger partial charge in [0.15, 0.2) is 16.8 Å². The molecule has 176 valence electrons. The molecule has 10 heteroatoms. The number of methoxy groups -OCH3 is 2. The zero-order valence-electron chi connectivity index (χ0n) is 18.5. The van der Waals surface area contributed by atoms with Crippen molar-refractivity contribution in [1.29, 1.82) is 0 Å². The van der Waals surface area contributed by atoms with E-state index in [0.29, 0.717) is 29.0 Å². The third kappa shape index (κ3) is 6.58. The van der Waals surface area contributed by atoms with Gasteiger partial charge < -0.3 is 31.2 Å². The van der Waals surface area contributed by atoms with Crippen LogP contribution < -0.4 is 31.2 Å². The van der Waals surface area contributed by atoms with Crippen LogP contribution >= 0.6 is 11.8 Å². The smallest absolute Gasteiger partial charge is 0.192 e. The Morgan fingerprint density at radius 1 is 1.12 bits per heavy atom. The molecular weight excluding hydrogens is 513 g/mol. The first-order valence-corrected chi connectivity index (χ1v) is 10.7. The van der Waals surface area contributed by atoms with Crippen LogP contribution in [0.25, 0.3) is 0 Å². The summed E-state index contributed by atoms with van der Waals surface area (Å²) in [6.45, 7) is 6.10. The standard InChI is InChI=1S/C23H24FN3O4S.BrH/c1-5-12-27-21(14-31-17-8-6-16(29-3)7-9-17)25-26-23(27)32-15(2)22(28)19-11-10-18(30-4)13-20(19)24;/h5-11,13,15H,1,12,14H2,2-4H3;1H/p-1. The Bertz CT molecular complexity index is 1090. The number of hydrogen-bond acceptors (Lipinski definition) is 7. The zero-order valence-corrected chi connectivity index (χ0v) is 20.9. The van der Waals surface area contributed by atoms with Gasteiger partial charge in [-0.2, -0.15) is 0 Å². The molecule has 0 bridgehead atoms. The molecule has 1 atom stereocenters. The van der Waals surface area contributed by atoms with Crippen LogP contribution in [0, 0.1) is 5.82 Å². The lowest BCUT2D eigenvalue weighted by Gasteiger charge is -2.13. The minimum Gasteiger partial charge on any atom is -1.00 e. The van der Waals surface area contributed by atoms with E-state index in [9.17, 15) is 9.18 Å². The maximum Gasteiger partial charge on any atom is 0.192 e. The van der Waals surface area contributed by atoms with Crippen LogP contribution in [-0.4, -0.2) is 40.0 Å². The number of benzene rings is 2. The molecule has 1 heterocycles. The van der Waals surface area contributed by atoms with E-state index in [2.05, 4.69) is 16.8 Å². The quantitative estimate of drug-likeness (QED) is 0.209. The highest BCUT2D eigenvalue weighted by Gasteiger charge is 2.23. The average molecular weight is 537 g/mol. The summed E-state index contributed by atoms with van der Waals surface area (Å²) in [5.74, 6) is 1.36. The summed E-state index contributed by atoms with van der Waals surface area (Å²) in [5.41, 5.74) is 0.00338. The van der Waals surface area contributed by atoms with E-state index in [-0.39, 0.29) is 34.9 Å². The van der Waals surface area contributed by atoms with Gasteiger partial charge in [-0.1, -0.05) is 17.8 Å². The monoisotopic (exact) mass is 536 g/mol. The first-order valence-electron chi connectivity index (χ1n) is 9.81. The van der Waals surface area contributed by atoms with E-state index in [4.69, 9.17) is 14.2 Å². The highest BCUT2D eigenvalue weighted by atomic mass is 79.9. The largest absolute Gasteiger partial charge is 1.00 e. The van der Waals surface area contributed by atoms with Crippen molar-refractivity contribution in [1.82, 2.24) is 14.8 Å². The first kappa shape index (κ1) is 26.4. The molecule has 7 nitrogen and oxygen atoms in total. The molecule has 0 radical (unpaired) electrons. The van der Waals surface area contributed by atoms with E-state index in [1.165, 1.54) is 31.0 Å². The number of ether oxygens (including phenoxy) is 3. The van der Waals surface area contributed by atoms with Gasteiger partial charge in [0.05, 0.1) is 25.0 Å². The van der Waals surface area contributed by atoms with Gasteiger partial charge in [0.1, 0.15) is 29.7 Å². The summed E-state index contributed by atoms with van der Waals surface area (Å²) in [4.78, 5) is 12.8. The normalized spacial score (nSPS) is 11.3. The average Bonchev–Trinajstić information content (AvgIpc) is 3.18. The van der Waals surface area contributed by atoms with Gasteiger partial charge in [0.2, 0.25) is 0 Å². The molecule has 0 aliphatic heterocycles. The second-order valence-corrected chi connectivity index (χ2v) is 8.04. The number of rotatable bonds is 11. The number of halogens is 2. The Morgan fingerprint density at radius 2 is 1.76 bits per heavy atom. The Hall–Kier alpha value is -2.85. The highest BCUT2D eigenvalue weighted by molar-refractivity contribution is 8.00. The Balaban J connectivity index is 0.00000385. The summed E-state index contributed by atoms with van der Waals surface area (Å²) in [5, 5.41) is 8.34. The topological polar surface area (TPSA) is 75.5 Å². The minimum atomic E-state index is -0.622. The molecule has 1 unspecified atom stereocenters. The van der Waals surface area contributed by atoms with Gasteiger partial charge in [0, 0.05) is 12.6 Å². The number of aromatic nitrogens is 3. The fourth-order valence-electron chi connectivity index (χ4n) is 2.90. The number of allylic oxidation sites excluding steroid dienone is 1. The molecule has 3 aromatic rings. The van der Waals surface area contributed by atoms with Crippen LogP contribution in [0.5, 0.6) is 17.2 Å². The fraction of sp³-hybridized carbons (Fsp3) is 0.261. The second kappa shape index (κ2) is 12.4. The molecule has 0 saturated heterocycles. The summed E-state index contributed by atoms with van der Waals surface area (Å²) < 4.78 is 32.1. The summed E-state index contributed by atoms with van der Waals surface area (Å²) in [6.07, 6.45) is 1.71. The molecule has 0 aliphatic carbocycles. The Kier molecular flexibility index (Phi) is 9.93. The SMILES string of the molecule is C=CCn1c(COc2ccc(OC)cc2)nnc1SC(C)C(=O)c1ccc(OC)cc1F.[Br-]. The maximum atomic E-state index is 14.3. The van der Waals surface area contributed by atoms with Crippen molar-refractivity contribution in [2.75, 3.05) is 14.2 Å². The van der Waals surface area contributed by atoms with E-state index in [1.807, 2.05) is 4.57 Å². The third-order valence-corrected chi connectivity index (χ3v) is 5.71. The molecule has 2 aromatic carbocycles. The molecular formula is C23H24BrFN3O4S-. The van der Waals surface area contributed by atoms with E-state index in [0.717, 1.165) is 5.75 Å². The maximum absolute atomic E-state index is 14.3. The van der Waals surface area contributed by atoms with Crippen LogP contribution in [0.3, 0.4) is 0 Å². The number of carbonyl (C=O) groups is 1. The molecule has 0 saturated carbocycles. The molecule has 0 amide bonds. The summed E-state index contributed by atoms with van der Waals surface area (Å²) in [6, 6.07) is 11.4. The fourth-order valence-corrected chi connectivity index (χ4v) is 3.84. The zero-order chi connectivity index (χ0) is 23.1. The highest BCUT2D eigenvalue weighted by Crippen LogP contribution is 2.27. The lowest BCUT2D eigenvalue weighted by atomic mass is 10.1. The molecule has 1 aromatic heterocycles. The van der Waals surface area contributed by atoms with E-state index < -0.39 is 11.1 Å². The van der Waals surface area contributed by atoms with Gasteiger partial charge in [0.25, 0.3) is 0 Å². The van der Waals surface area contributed by atoms with Gasteiger partial charge in [-0.25, -0.2) is 4.39 Å².